The highest BCUT2D eigenvalue weighted by atomic mass is 16.3. The zero-order valence-corrected chi connectivity index (χ0v) is 7.73. The highest BCUT2D eigenvalue weighted by molar-refractivity contribution is 6.05. The van der Waals surface area contributed by atoms with Crippen molar-refractivity contribution in [1.29, 1.82) is 0 Å². The van der Waals surface area contributed by atoms with Crippen molar-refractivity contribution in [3.63, 3.8) is 0 Å². The molecule has 14 heavy (non-hydrogen) atoms. The van der Waals surface area contributed by atoms with Gasteiger partial charge in [0.05, 0.1) is 5.56 Å². The van der Waals surface area contributed by atoms with E-state index in [9.17, 15) is 4.79 Å². The predicted octanol–water partition coefficient (Wildman–Crippen LogP) is 1.38. The van der Waals surface area contributed by atoms with E-state index in [0.717, 1.165) is 10.4 Å². The molecular formula is C10H10N2O2. The van der Waals surface area contributed by atoms with Gasteiger partial charge in [-0.15, -0.1) is 0 Å². The molecule has 0 saturated heterocycles. The fourth-order valence-electron chi connectivity index (χ4n) is 1.33. The molecule has 0 unspecified atom stereocenters. The highest BCUT2D eigenvalue weighted by Gasteiger charge is 2.14. The first-order valence-corrected chi connectivity index (χ1v) is 4.19. The minimum absolute atomic E-state index is 0.255. The molecule has 1 heterocycles. The molecule has 0 fully saturated rings. The molecule has 2 rings (SSSR count). The molecule has 0 spiro atoms. The normalized spacial score (nSPS) is 10.4. The third kappa shape index (κ3) is 1.25. The maximum Gasteiger partial charge on any atom is 0.271 e. The van der Waals surface area contributed by atoms with Gasteiger partial charge in [-0.05, 0) is 6.07 Å². The van der Waals surface area contributed by atoms with E-state index >= 15 is 0 Å². The first-order chi connectivity index (χ1) is 6.70. The molecule has 0 aliphatic rings. The molecule has 0 atom stereocenters. The summed E-state index contributed by atoms with van der Waals surface area (Å²) in [5, 5.41) is 1.83. The van der Waals surface area contributed by atoms with E-state index < -0.39 is 0 Å². The van der Waals surface area contributed by atoms with Crippen molar-refractivity contribution in [2.75, 3.05) is 7.05 Å². The van der Waals surface area contributed by atoms with Crippen LogP contribution in [0.2, 0.25) is 0 Å². The molecule has 0 aliphatic carbocycles. The molecule has 4 nitrogen and oxygen atoms in total. The number of nitrogens with two attached hydrogens (primary N) is 1. The molecule has 0 aliphatic heterocycles. The lowest BCUT2D eigenvalue weighted by Crippen LogP contribution is -2.32. The molecule has 0 saturated carbocycles. The Hall–Kier alpha value is -1.81. The summed E-state index contributed by atoms with van der Waals surface area (Å²) in [7, 11) is 1.50. The fourth-order valence-corrected chi connectivity index (χ4v) is 1.33. The minimum Gasteiger partial charge on any atom is -0.463 e. The third-order valence-electron chi connectivity index (χ3n) is 2.03. The van der Waals surface area contributed by atoms with Crippen molar-refractivity contribution >= 4 is 16.9 Å². The van der Waals surface area contributed by atoms with Gasteiger partial charge < -0.3 is 4.42 Å². The summed E-state index contributed by atoms with van der Waals surface area (Å²) >= 11 is 0. The Labute approximate surface area is 80.9 Å². The summed E-state index contributed by atoms with van der Waals surface area (Å²) in [6.07, 6.45) is 1.43. The molecule has 4 heteroatoms. The van der Waals surface area contributed by atoms with E-state index in [1.165, 1.54) is 13.3 Å². The Morgan fingerprint density at radius 3 is 2.86 bits per heavy atom. The average Bonchev–Trinajstić information content (AvgIpc) is 2.60. The SMILES string of the molecule is CN(N)C(=O)c1coc2ccccc12. The number of benzene rings is 1. The van der Waals surface area contributed by atoms with Crippen molar-refractivity contribution in [1.82, 2.24) is 5.01 Å². The monoisotopic (exact) mass is 190 g/mol. The Morgan fingerprint density at radius 2 is 2.14 bits per heavy atom. The molecule has 1 aromatic carbocycles. The number of fused-ring (bicyclic) bond motifs is 1. The van der Waals surface area contributed by atoms with Gasteiger partial charge in [-0.25, -0.2) is 5.84 Å². The number of carbonyl (C=O) groups is 1. The zero-order valence-electron chi connectivity index (χ0n) is 7.73. The van der Waals surface area contributed by atoms with E-state index in [1.807, 2.05) is 24.3 Å². The van der Waals surface area contributed by atoms with E-state index in [4.69, 9.17) is 10.3 Å². The number of furan rings is 1. The van der Waals surface area contributed by atoms with Gasteiger partial charge in [0, 0.05) is 12.4 Å². The summed E-state index contributed by atoms with van der Waals surface area (Å²) < 4.78 is 5.22. The Balaban J connectivity index is 2.58. The van der Waals surface area contributed by atoms with E-state index in [2.05, 4.69) is 0 Å². The Kier molecular flexibility index (Phi) is 1.98. The molecule has 72 valence electrons. The summed E-state index contributed by atoms with van der Waals surface area (Å²) in [5.41, 5.74) is 1.18. The standard InChI is InChI=1S/C10H10N2O2/c1-12(11)10(13)8-6-14-9-5-3-2-4-7(8)9/h2-6H,11H2,1H3. The average molecular weight is 190 g/mol. The number of para-hydroxylation sites is 1. The maximum absolute atomic E-state index is 11.6. The Bertz CT molecular complexity index is 474. The second kappa shape index (κ2) is 3.16. The van der Waals surface area contributed by atoms with E-state index in [0.29, 0.717) is 11.1 Å². The van der Waals surface area contributed by atoms with Gasteiger partial charge in [-0.2, -0.15) is 0 Å². The molecule has 1 amide bonds. The van der Waals surface area contributed by atoms with Gasteiger partial charge in [0.15, 0.2) is 0 Å². The largest absolute Gasteiger partial charge is 0.463 e. The summed E-state index contributed by atoms with van der Waals surface area (Å²) in [6, 6.07) is 7.34. The number of hydrogen-bond donors (Lipinski definition) is 1. The summed E-state index contributed by atoms with van der Waals surface area (Å²) in [6.45, 7) is 0. The lowest BCUT2D eigenvalue weighted by molar-refractivity contribution is 0.0796. The molecular weight excluding hydrogens is 180 g/mol. The van der Waals surface area contributed by atoms with Gasteiger partial charge in [-0.1, -0.05) is 18.2 Å². The van der Waals surface area contributed by atoms with Crippen LogP contribution in [-0.4, -0.2) is 18.0 Å². The predicted molar refractivity (Wildman–Crippen MR) is 52.5 cm³/mol. The van der Waals surface area contributed by atoms with Crippen molar-refractivity contribution in [3.8, 4) is 0 Å². The third-order valence-corrected chi connectivity index (χ3v) is 2.03. The molecule has 0 radical (unpaired) electrons. The second-order valence-corrected chi connectivity index (χ2v) is 3.06. The van der Waals surface area contributed by atoms with Crippen LogP contribution in [0.15, 0.2) is 34.9 Å². The molecule has 1 aromatic heterocycles. The van der Waals surface area contributed by atoms with Gasteiger partial charge in [0.2, 0.25) is 0 Å². The molecule has 0 bridgehead atoms. The highest BCUT2D eigenvalue weighted by Crippen LogP contribution is 2.20. The van der Waals surface area contributed by atoms with Gasteiger partial charge in [0.25, 0.3) is 5.91 Å². The van der Waals surface area contributed by atoms with Crippen molar-refractivity contribution in [2.45, 2.75) is 0 Å². The van der Waals surface area contributed by atoms with E-state index in [-0.39, 0.29) is 5.91 Å². The topological polar surface area (TPSA) is 59.5 Å². The van der Waals surface area contributed by atoms with Crippen LogP contribution in [0, 0.1) is 0 Å². The molecule has 2 N–H and O–H groups in total. The molecule has 2 aromatic rings. The van der Waals surface area contributed by atoms with Gasteiger partial charge in [0.1, 0.15) is 11.8 Å². The second-order valence-electron chi connectivity index (χ2n) is 3.06. The van der Waals surface area contributed by atoms with Crippen molar-refractivity contribution < 1.29 is 9.21 Å². The van der Waals surface area contributed by atoms with Crippen LogP contribution in [0.4, 0.5) is 0 Å². The fraction of sp³-hybridized carbons (Fsp3) is 0.100. The van der Waals surface area contributed by atoms with Gasteiger partial charge in [-0.3, -0.25) is 9.80 Å². The number of hydrazine groups is 1. The number of carbonyl (C=O) groups excluding carboxylic acids is 1. The number of nitrogens with zero attached hydrogens (tertiary/aromatic N) is 1. The van der Waals surface area contributed by atoms with E-state index in [1.54, 1.807) is 0 Å². The van der Waals surface area contributed by atoms with Crippen LogP contribution < -0.4 is 5.84 Å². The van der Waals surface area contributed by atoms with Crippen LogP contribution in [-0.2, 0) is 0 Å². The smallest absolute Gasteiger partial charge is 0.271 e. The first kappa shape index (κ1) is 8.77. The first-order valence-electron chi connectivity index (χ1n) is 4.19. The van der Waals surface area contributed by atoms with Crippen molar-refractivity contribution in [2.24, 2.45) is 5.84 Å². The maximum atomic E-state index is 11.6. The van der Waals surface area contributed by atoms with Gasteiger partial charge >= 0.3 is 0 Å². The number of rotatable bonds is 1. The van der Waals surface area contributed by atoms with Crippen molar-refractivity contribution in [3.05, 3.63) is 36.1 Å². The van der Waals surface area contributed by atoms with Crippen LogP contribution in [0.1, 0.15) is 10.4 Å². The van der Waals surface area contributed by atoms with Crippen LogP contribution in [0.3, 0.4) is 0 Å². The zero-order chi connectivity index (χ0) is 10.1. The van der Waals surface area contributed by atoms with Crippen LogP contribution >= 0.6 is 0 Å². The minimum atomic E-state index is -0.255. The number of hydrogen-bond acceptors (Lipinski definition) is 3. The van der Waals surface area contributed by atoms with Crippen LogP contribution in [0.5, 0.6) is 0 Å². The quantitative estimate of drug-likeness (QED) is 0.420. The lowest BCUT2D eigenvalue weighted by Gasteiger charge is -2.07. The summed E-state index contributed by atoms with van der Waals surface area (Å²) in [4.78, 5) is 11.6. The van der Waals surface area contributed by atoms with Crippen LogP contribution in [0.25, 0.3) is 11.0 Å². The number of amides is 1. The summed E-state index contributed by atoms with van der Waals surface area (Å²) in [5.74, 6) is 5.11. The lowest BCUT2D eigenvalue weighted by atomic mass is 10.1. The Morgan fingerprint density at radius 1 is 1.43 bits per heavy atom.